The Morgan fingerprint density at radius 3 is 1.40 bits per heavy atom. The van der Waals surface area contributed by atoms with Gasteiger partial charge in [0, 0.05) is 121 Å². The van der Waals surface area contributed by atoms with Crippen LogP contribution < -0.4 is 28.4 Å². The van der Waals surface area contributed by atoms with Gasteiger partial charge >= 0.3 is 12.5 Å². The highest BCUT2D eigenvalue weighted by Crippen LogP contribution is 2.48. The van der Waals surface area contributed by atoms with Crippen molar-refractivity contribution in [3.8, 4) is 34.5 Å². The molecule has 101 heavy (non-hydrogen) atoms. The van der Waals surface area contributed by atoms with Gasteiger partial charge in [0.25, 0.3) is 17.7 Å². The molecule has 0 atom stereocenters. The molecule has 3 aromatic heterocycles. The first kappa shape index (κ1) is 75.6. The van der Waals surface area contributed by atoms with E-state index in [4.69, 9.17) is 45.1 Å². The molecule has 0 saturated carbocycles. The molecule has 9 heterocycles. The molecule has 0 radical (unpaired) electrons. The zero-order chi connectivity index (χ0) is 72.8. The van der Waals surface area contributed by atoms with Crippen molar-refractivity contribution in [3.63, 3.8) is 0 Å². The highest BCUT2D eigenvalue weighted by molar-refractivity contribution is 6.29. The minimum atomic E-state index is -4.72. The lowest BCUT2D eigenvalue weighted by atomic mass is 9.81. The number of hydrogen-bond acceptors (Lipinski definition) is 15. The Balaban J connectivity index is 0.000000178. The van der Waals surface area contributed by atoms with E-state index in [1.54, 1.807) is 55.1 Å². The number of carbonyl (C=O) groups is 4. The number of piperidine rings is 3. The number of aliphatic hydroxyl groups excluding tert-OH is 1. The predicted octanol–water partition coefficient (Wildman–Crippen LogP) is 11.4. The standard InChI is InChI=1S/C25H30F3N3O5.C24H32ClN3O3.C23H27F4N3O4.H2/c1-17(32)19-5-7-22-24(29(2)12-13-31(19)22)8-10-30(11-9-24)23(33)18-4-6-20(21(16-18)34-3)35-14-15-36-25(26,27)28;1-4-5-16-31-20-17-18(6-7-19(20)30-3)23(29)27-12-10-24(11-13-27)21-8-9-22(25)28(21)15-14-26(24)2;1-28-9-10-30-19(23(25,26)27)14-16(24)20(30)22(28)5-7-29(8-6-22)21(32)15-3-4-17(34-12-11-31)18(13-15)33-2;/h4-7,16H,8-15H2,1-3H3;6-9,17H,4-5,10-16H2,1-3H3;3-4,13-14,31H,5-12H2,1-2H3;1H. The molecular formula is C72H91ClF7N9O12. The minimum absolute atomic E-state index is 0. The van der Waals surface area contributed by atoms with Crippen molar-refractivity contribution < 1.29 is 89.6 Å². The largest absolute Gasteiger partial charge is 0.522 e. The summed E-state index contributed by atoms with van der Waals surface area (Å²) in [4.78, 5) is 63.8. The average molecular weight is 1440 g/mol. The maximum absolute atomic E-state index is 14.9. The molecule has 12 rings (SSSR count). The molecule has 3 amide bonds. The third-order valence-electron chi connectivity index (χ3n) is 20.7. The van der Waals surface area contributed by atoms with Gasteiger partial charge < -0.3 is 61.9 Å². The normalized spacial score (nSPS) is 18.0. The maximum atomic E-state index is 14.9. The number of Topliss-reactive ketones (excluding diaryl/α,β-unsaturated/α-hetero) is 1. The van der Waals surface area contributed by atoms with Crippen LogP contribution in [-0.4, -0.2) is 212 Å². The molecule has 0 unspecified atom stereocenters. The Hall–Kier alpha value is -8.02. The van der Waals surface area contributed by atoms with Crippen LogP contribution in [0.1, 0.15) is 131 Å². The average Bonchev–Trinajstić information content (AvgIpc) is 1.51. The summed E-state index contributed by atoms with van der Waals surface area (Å²) >= 11 is 6.41. The van der Waals surface area contributed by atoms with E-state index in [2.05, 4.69) is 50.8 Å². The smallest absolute Gasteiger partial charge is 0.493 e. The van der Waals surface area contributed by atoms with E-state index in [0.29, 0.717) is 97.9 Å². The van der Waals surface area contributed by atoms with Gasteiger partial charge in [0.1, 0.15) is 29.9 Å². The fourth-order valence-corrected chi connectivity index (χ4v) is 15.4. The SMILES string of the molecule is CCCCOc1cc(C(=O)N2CCC3(CC2)c2ccc(Cl)n2CCN3C)ccc1OC.COc1cc(C(=O)N2CCC3(CC2)c2c(F)cc(C(F)(F)F)n2CCN3C)ccc1OCCO.COc1cc(C(=O)N2CCC3(CC2)c2ccc(C(C)=O)n2CCN3C)ccc1OCCOC(F)(F)F.[HH]. The summed E-state index contributed by atoms with van der Waals surface area (Å²) in [7, 11) is 10.5. The van der Waals surface area contributed by atoms with Crippen LogP contribution in [-0.2, 0) is 47.2 Å². The molecule has 0 aliphatic carbocycles. The van der Waals surface area contributed by atoms with Crippen LogP contribution in [0.25, 0.3) is 0 Å². The second kappa shape index (κ2) is 31.7. The Morgan fingerprint density at radius 2 is 0.931 bits per heavy atom. The van der Waals surface area contributed by atoms with E-state index in [1.807, 2.05) is 46.2 Å². The number of methoxy groups -OCH3 is 3. The lowest BCUT2D eigenvalue weighted by Crippen LogP contribution is -2.57. The minimum Gasteiger partial charge on any atom is -0.493 e. The summed E-state index contributed by atoms with van der Waals surface area (Å²) in [5.41, 5.74) is 2.39. The molecule has 6 aliphatic heterocycles. The number of unbranched alkanes of at least 4 members (excludes halogenated alkanes) is 1. The van der Waals surface area contributed by atoms with Crippen molar-refractivity contribution in [1.29, 1.82) is 0 Å². The number of benzene rings is 3. The van der Waals surface area contributed by atoms with Gasteiger partial charge in [-0.2, -0.15) is 13.2 Å². The van der Waals surface area contributed by atoms with Crippen LogP contribution in [0.15, 0.2) is 84.9 Å². The second-order valence-corrected chi connectivity index (χ2v) is 26.5. The van der Waals surface area contributed by atoms with Gasteiger partial charge in [-0.25, -0.2) is 4.39 Å². The Kier molecular flexibility index (Phi) is 23.7. The number of halogens is 8. The van der Waals surface area contributed by atoms with Gasteiger partial charge in [0.15, 0.2) is 40.3 Å². The van der Waals surface area contributed by atoms with E-state index in [-0.39, 0.29) is 92.7 Å². The second-order valence-electron chi connectivity index (χ2n) is 26.1. The van der Waals surface area contributed by atoms with Crippen molar-refractivity contribution in [2.24, 2.45) is 0 Å². The number of nitrogens with zero attached hydrogens (tertiary/aromatic N) is 9. The fraction of sp³-hybridized carbons (Fsp3) is 0.528. The van der Waals surface area contributed by atoms with Crippen LogP contribution in [0.4, 0.5) is 30.7 Å². The molecule has 1 N–H and O–H groups in total. The molecule has 3 spiro atoms. The monoisotopic (exact) mass is 1440 g/mol. The summed E-state index contributed by atoms with van der Waals surface area (Å²) in [6.07, 6.45) is -3.47. The maximum Gasteiger partial charge on any atom is 0.522 e. The first-order valence-corrected chi connectivity index (χ1v) is 34.3. The molecule has 552 valence electrons. The number of ether oxygens (including phenoxy) is 7. The zero-order valence-corrected chi connectivity index (χ0v) is 59.0. The van der Waals surface area contributed by atoms with E-state index < -0.39 is 36.2 Å². The molecule has 3 aromatic carbocycles. The van der Waals surface area contributed by atoms with Crippen molar-refractivity contribution in [2.45, 2.75) is 114 Å². The molecule has 6 aromatic rings. The lowest BCUT2D eigenvalue weighted by molar-refractivity contribution is -0.325. The predicted molar refractivity (Wildman–Crippen MR) is 363 cm³/mol. The van der Waals surface area contributed by atoms with Crippen LogP contribution in [0, 0.1) is 5.82 Å². The van der Waals surface area contributed by atoms with Gasteiger partial charge in [-0.3, -0.25) is 38.6 Å². The number of likely N-dealkylation sites (tertiary alicyclic amines) is 3. The summed E-state index contributed by atoms with van der Waals surface area (Å²) in [5.74, 6) is 1.33. The highest BCUT2D eigenvalue weighted by Gasteiger charge is 2.51. The molecule has 0 bridgehead atoms. The van der Waals surface area contributed by atoms with Crippen molar-refractivity contribution in [2.75, 3.05) is 134 Å². The molecule has 3 saturated heterocycles. The molecule has 6 aliphatic rings. The number of likely N-dealkylation sites (N-methyl/N-ethyl adjacent to an activating group) is 3. The number of fused-ring (bicyclic) bond motifs is 6. The van der Waals surface area contributed by atoms with Gasteiger partial charge in [-0.05, 0) is 145 Å². The number of amides is 3. The quantitative estimate of drug-likeness (QED) is 0.0486. The number of aliphatic hydroxyl groups is 1. The van der Waals surface area contributed by atoms with Gasteiger partial charge in [-0.1, -0.05) is 24.9 Å². The van der Waals surface area contributed by atoms with E-state index in [1.165, 1.54) is 32.0 Å². The molecule has 3 fully saturated rings. The first-order chi connectivity index (χ1) is 48.2. The summed E-state index contributed by atoms with van der Waals surface area (Å²) in [6.45, 7) is 10.2. The topological polar surface area (TPSA) is 187 Å². The van der Waals surface area contributed by atoms with Crippen LogP contribution in [0.2, 0.25) is 5.15 Å². The number of rotatable bonds is 18. The Bertz CT molecular complexity index is 3920. The number of ketones is 1. The number of hydrogen-bond donors (Lipinski definition) is 1. The van der Waals surface area contributed by atoms with E-state index >= 15 is 0 Å². The van der Waals surface area contributed by atoms with Gasteiger partial charge in [0.2, 0.25) is 0 Å². The summed E-state index contributed by atoms with van der Waals surface area (Å²) in [5, 5.41) is 9.74. The third-order valence-corrected chi connectivity index (χ3v) is 21.1. The highest BCUT2D eigenvalue weighted by atomic mass is 35.5. The van der Waals surface area contributed by atoms with Gasteiger partial charge in [-0.15, -0.1) is 13.2 Å². The van der Waals surface area contributed by atoms with Gasteiger partial charge in [0.05, 0.1) is 69.2 Å². The Morgan fingerprint density at radius 1 is 0.505 bits per heavy atom. The van der Waals surface area contributed by atoms with Crippen LogP contribution in [0.3, 0.4) is 0 Å². The molecule has 29 heteroatoms. The summed E-state index contributed by atoms with van der Waals surface area (Å²) in [6, 6.07) is 23.5. The fourth-order valence-electron chi connectivity index (χ4n) is 15.2. The van der Waals surface area contributed by atoms with Crippen LogP contribution in [0.5, 0.6) is 34.5 Å². The Labute approximate surface area is 589 Å². The lowest BCUT2D eigenvalue weighted by Gasteiger charge is -2.50. The van der Waals surface area contributed by atoms with Crippen molar-refractivity contribution >= 4 is 35.1 Å². The summed E-state index contributed by atoms with van der Waals surface area (Å²) < 4.78 is 133. The van der Waals surface area contributed by atoms with Crippen molar-refractivity contribution in [1.82, 2.24) is 43.1 Å². The van der Waals surface area contributed by atoms with E-state index in [0.717, 1.165) is 85.8 Å². The van der Waals surface area contributed by atoms with Crippen LogP contribution >= 0.6 is 11.6 Å². The van der Waals surface area contributed by atoms with E-state index in [9.17, 15) is 49.9 Å². The number of aromatic nitrogens is 3. The molecule has 21 nitrogen and oxygen atoms in total. The number of carbonyl (C=O) groups excluding carboxylic acids is 4. The third kappa shape index (κ3) is 15.8. The number of alkyl halides is 6. The molecular weight excluding hydrogens is 1350 g/mol. The zero-order valence-electron chi connectivity index (χ0n) is 58.2. The van der Waals surface area contributed by atoms with Crippen molar-refractivity contribution in [3.05, 3.63) is 141 Å². The first-order valence-electron chi connectivity index (χ1n) is 34.0.